The summed E-state index contributed by atoms with van der Waals surface area (Å²) >= 11 is 1.27. The first kappa shape index (κ1) is 34.6. The van der Waals surface area contributed by atoms with Gasteiger partial charge in [0, 0.05) is 48.9 Å². The maximum absolute atomic E-state index is 13.7. The predicted octanol–water partition coefficient (Wildman–Crippen LogP) is 3.33. The Bertz CT molecular complexity index is 1390. The Morgan fingerprint density at radius 1 is 1.18 bits per heavy atom. The molecule has 44 heavy (non-hydrogen) atoms. The topological polar surface area (TPSA) is 179 Å². The third-order valence-corrected chi connectivity index (χ3v) is 8.15. The zero-order valence-corrected chi connectivity index (χ0v) is 26.5. The first-order chi connectivity index (χ1) is 20.9. The lowest BCUT2D eigenvalue weighted by Gasteiger charge is -2.30. The number of nitrogens with one attached hydrogen (secondary N) is 2. The lowest BCUT2D eigenvalue weighted by molar-refractivity contribution is -0.120. The number of anilines is 1. The number of primary amides is 1. The quantitative estimate of drug-likeness (QED) is 0.279. The summed E-state index contributed by atoms with van der Waals surface area (Å²) in [5.74, 6) is -2.26. The van der Waals surface area contributed by atoms with Crippen molar-refractivity contribution in [3.05, 3.63) is 70.1 Å². The molecule has 2 amide bonds. The number of carbonyl (C=O) groups is 4. The normalized spacial score (nSPS) is 30.8. The Balaban J connectivity index is 2.08. The number of carbonyl (C=O) groups excluding carboxylic acids is 4. The molecule has 5 N–H and O–H groups in total. The van der Waals surface area contributed by atoms with Gasteiger partial charge in [0.25, 0.3) is 5.91 Å². The number of ether oxygens (including phenoxy) is 3. The monoisotopic (exact) mass is 628 g/mol. The van der Waals surface area contributed by atoms with Gasteiger partial charge < -0.3 is 35.7 Å². The number of aromatic nitrogens is 1. The highest BCUT2D eigenvalue weighted by Crippen LogP contribution is 2.30. The van der Waals surface area contributed by atoms with Crippen molar-refractivity contribution in [3.8, 4) is 0 Å². The van der Waals surface area contributed by atoms with E-state index < -0.39 is 53.9 Å². The van der Waals surface area contributed by atoms with Crippen LogP contribution in [0.25, 0.3) is 0 Å². The number of thiazole rings is 1. The van der Waals surface area contributed by atoms with E-state index in [2.05, 4.69) is 15.6 Å². The Labute approximate surface area is 260 Å². The van der Waals surface area contributed by atoms with Gasteiger partial charge in [0.05, 0.1) is 23.6 Å². The van der Waals surface area contributed by atoms with Crippen LogP contribution in [0.15, 0.2) is 70.1 Å². The molecule has 13 heteroatoms. The highest BCUT2D eigenvalue weighted by atomic mass is 32.1. The molecule has 1 aliphatic carbocycles. The van der Waals surface area contributed by atoms with E-state index >= 15 is 0 Å². The van der Waals surface area contributed by atoms with Crippen molar-refractivity contribution in [1.29, 1.82) is 0 Å². The third-order valence-electron chi connectivity index (χ3n) is 7.46. The number of hydrogen-bond acceptors (Lipinski definition) is 11. The summed E-state index contributed by atoms with van der Waals surface area (Å²) in [7, 11) is 2.92. The number of aliphatic hydroxyl groups is 1. The van der Waals surface area contributed by atoms with Crippen LogP contribution >= 0.6 is 11.3 Å². The number of ketones is 2. The van der Waals surface area contributed by atoms with E-state index in [1.807, 2.05) is 6.92 Å². The van der Waals surface area contributed by atoms with Crippen LogP contribution in [0, 0.1) is 11.8 Å². The van der Waals surface area contributed by atoms with Crippen molar-refractivity contribution in [2.45, 2.75) is 65.0 Å². The standard InChI is InChI=1S/C31H40N4O8S/c1-16-12-20-25(35-31-33-10-11-44-31)22(36)15-21(27(20)38)34-29(39)17(2)8-7-9-23(41-5)28(43-30(32)40)19(4)14-18(3)26(37)24(13-16)42-6/h7-11,14-16,18,23-24,26,28,37H,12-13H2,1-6H3,(H2,32,40)(H,33,35)(H,34,39)/b9-7-,17-8+,19-14+/t16-,18+,23+,24+,26-,28+/m1/s1. The summed E-state index contributed by atoms with van der Waals surface area (Å²) in [6, 6.07) is 0. The first-order valence-electron chi connectivity index (χ1n) is 14.1. The highest BCUT2D eigenvalue weighted by molar-refractivity contribution is 7.13. The number of allylic oxidation sites excluding steroid dienone is 4. The lowest BCUT2D eigenvalue weighted by atomic mass is 9.85. The average Bonchev–Trinajstić information content (AvgIpc) is 3.49. The molecule has 0 spiro atoms. The molecule has 1 aliphatic heterocycles. The van der Waals surface area contributed by atoms with Crippen LogP contribution in [-0.2, 0) is 28.6 Å². The van der Waals surface area contributed by atoms with Crippen molar-refractivity contribution < 1.29 is 38.5 Å². The number of rotatable bonds is 5. The van der Waals surface area contributed by atoms with Crippen molar-refractivity contribution in [1.82, 2.24) is 10.3 Å². The van der Waals surface area contributed by atoms with Crippen LogP contribution in [0.1, 0.15) is 40.5 Å². The van der Waals surface area contributed by atoms with Crippen molar-refractivity contribution in [2.24, 2.45) is 17.6 Å². The minimum absolute atomic E-state index is 0.0865. The number of amides is 2. The van der Waals surface area contributed by atoms with Crippen molar-refractivity contribution in [3.63, 3.8) is 0 Å². The second-order valence-electron chi connectivity index (χ2n) is 10.9. The fourth-order valence-electron chi connectivity index (χ4n) is 5.11. The molecule has 0 aromatic carbocycles. The molecule has 2 aliphatic rings. The second kappa shape index (κ2) is 15.7. The van der Waals surface area contributed by atoms with Gasteiger partial charge in [-0.1, -0.05) is 38.2 Å². The van der Waals surface area contributed by atoms with E-state index in [1.54, 1.807) is 50.6 Å². The average molecular weight is 629 g/mol. The smallest absolute Gasteiger partial charge is 0.405 e. The molecule has 2 bridgehead atoms. The zero-order chi connectivity index (χ0) is 32.6. The fraction of sp³-hybridized carbons (Fsp3) is 0.452. The Morgan fingerprint density at radius 2 is 1.91 bits per heavy atom. The molecule has 238 valence electrons. The number of Topliss-reactive ketones (excluding diaryl/α,β-unsaturated/α-hetero) is 1. The van der Waals surface area contributed by atoms with Crippen LogP contribution in [0.3, 0.4) is 0 Å². The van der Waals surface area contributed by atoms with E-state index in [4.69, 9.17) is 19.9 Å². The Morgan fingerprint density at radius 3 is 2.52 bits per heavy atom. The zero-order valence-electron chi connectivity index (χ0n) is 25.7. The molecule has 0 saturated heterocycles. The SMILES string of the molecule is CO[C@H]1/C=C\C=C(/C)C(=O)NC2=CC(=O)C(Nc3nccs3)=C(C[C@@H](C)C[C@H](OC)[C@H](O)[C@@H](C)/C=C(\C)[C@@H]1OC(N)=O)C2=O. The first-order valence-corrected chi connectivity index (χ1v) is 15.0. The van der Waals surface area contributed by atoms with Gasteiger partial charge in [0.2, 0.25) is 11.6 Å². The molecule has 1 aromatic rings. The van der Waals surface area contributed by atoms with E-state index in [-0.39, 0.29) is 34.9 Å². The molecule has 1 aromatic heterocycles. The van der Waals surface area contributed by atoms with Gasteiger partial charge in [0.15, 0.2) is 11.2 Å². The van der Waals surface area contributed by atoms with Crippen LogP contribution < -0.4 is 16.4 Å². The molecule has 0 radical (unpaired) electrons. The summed E-state index contributed by atoms with van der Waals surface area (Å²) in [5, 5.41) is 19.0. The molecular formula is C31H40N4O8S. The highest BCUT2D eigenvalue weighted by Gasteiger charge is 2.33. The number of aliphatic hydroxyl groups excluding tert-OH is 1. The van der Waals surface area contributed by atoms with Gasteiger partial charge in [0.1, 0.15) is 6.10 Å². The Hall–Kier alpha value is -3.91. The molecule has 3 rings (SSSR count). The maximum atomic E-state index is 13.7. The molecule has 6 atom stereocenters. The largest absolute Gasteiger partial charge is 0.439 e. The second-order valence-corrected chi connectivity index (χ2v) is 11.8. The van der Waals surface area contributed by atoms with Crippen LogP contribution in [0.5, 0.6) is 0 Å². The fourth-order valence-corrected chi connectivity index (χ4v) is 5.65. The molecule has 0 unspecified atom stereocenters. The van der Waals surface area contributed by atoms with Gasteiger partial charge in [-0.2, -0.15) is 0 Å². The predicted molar refractivity (Wildman–Crippen MR) is 165 cm³/mol. The number of nitrogens with zero attached hydrogens (tertiary/aromatic N) is 1. The van der Waals surface area contributed by atoms with Crippen molar-refractivity contribution >= 4 is 40.0 Å². The van der Waals surface area contributed by atoms with Crippen LogP contribution in [0.4, 0.5) is 9.93 Å². The minimum atomic E-state index is -1.00. The number of fused-ring (bicyclic) bond motifs is 2. The van der Waals surface area contributed by atoms with Crippen molar-refractivity contribution in [2.75, 3.05) is 19.5 Å². The number of nitrogens with two attached hydrogens (primary N) is 1. The van der Waals surface area contributed by atoms with E-state index in [0.29, 0.717) is 17.1 Å². The van der Waals surface area contributed by atoms with E-state index in [1.165, 1.54) is 31.6 Å². The van der Waals surface area contributed by atoms with Gasteiger partial charge >= 0.3 is 6.09 Å². The minimum Gasteiger partial charge on any atom is -0.439 e. The lowest BCUT2D eigenvalue weighted by Crippen LogP contribution is -2.37. The van der Waals surface area contributed by atoms with Crippen LogP contribution in [-0.4, -0.2) is 72.3 Å². The van der Waals surface area contributed by atoms with E-state index in [0.717, 1.165) is 6.08 Å². The molecule has 12 nitrogen and oxygen atoms in total. The third kappa shape index (κ3) is 8.82. The summed E-state index contributed by atoms with van der Waals surface area (Å²) in [4.78, 5) is 56.0. The summed E-state index contributed by atoms with van der Waals surface area (Å²) in [6.45, 7) is 6.96. The Kier molecular flexibility index (Phi) is 12.3. The number of methoxy groups -OCH3 is 2. The van der Waals surface area contributed by atoms with Gasteiger partial charge in [-0.25, -0.2) is 9.78 Å². The molecular weight excluding hydrogens is 588 g/mol. The molecule has 0 saturated carbocycles. The molecule has 2 heterocycles. The van der Waals surface area contributed by atoms with Crippen LogP contribution in [0.2, 0.25) is 0 Å². The summed E-state index contributed by atoms with van der Waals surface area (Å²) in [6.07, 6.45) is 5.22. The molecule has 0 fully saturated rings. The van der Waals surface area contributed by atoms with E-state index in [9.17, 15) is 24.3 Å². The van der Waals surface area contributed by atoms with Gasteiger partial charge in [-0.3, -0.25) is 14.4 Å². The summed E-state index contributed by atoms with van der Waals surface area (Å²) in [5.41, 5.74) is 6.30. The summed E-state index contributed by atoms with van der Waals surface area (Å²) < 4.78 is 16.6. The number of hydrogen-bond donors (Lipinski definition) is 4. The maximum Gasteiger partial charge on any atom is 0.405 e. The van der Waals surface area contributed by atoms with Gasteiger partial charge in [-0.15, -0.1) is 11.3 Å². The van der Waals surface area contributed by atoms with Gasteiger partial charge in [-0.05, 0) is 38.2 Å².